The molecule has 7 heteroatoms. The Morgan fingerprint density at radius 3 is 2.40 bits per heavy atom. The summed E-state index contributed by atoms with van der Waals surface area (Å²) in [7, 11) is 0. The van der Waals surface area contributed by atoms with Gasteiger partial charge in [0.1, 0.15) is 5.69 Å². The van der Waals surface area contributed by atoms with Gasteiger partial charge in [0.25, 0.3) is 5.69 Å². The molecule has 0 aliphatic carbocycles. The van der Waals surface area contributed by atoms with Gasteiger partial charge in [-0.3, -0.25) is 15.5 Å². The van der Waals surface area contributed by atoms with E-state index < -0.39 is 4.92 Å². The number of halogens is 2. The first-order chi connectivity index (χ1) is 9.59. The van der Waals surface area contributed by atoms with Crippen LogP contribution in [0.5, 0.6) is 0 Å². The Morgan fingerprint density at radius 2 is 1.75 bits per heavy atom. The third-order valence-electron chi connectivity index (χ3n) is 2.48. The van der Waals surface area contributed by atoms with E-state index >= 15 is 0 Å². The zero-order chi connectivity index (χ0) is 14.5. The number of nitro benzene ring substituents is 1. The summed E-state index contributed by atoms with van der Waals surface area (Å²) >= 11 is 12.0. The van der Waals surface area contributed by atoms with Crippen molar-refractivity contribution >= 4 is 40.8 Å². The molecule has 20 heavy (non-hydrogen) atoms. The van der Waals surface area contributed by atoms with Gasteiger partial charge in [0.05, 0.1) is 21.2 Å². The van der Waals surface area contributed by atoms with Crippen LogP contribution in [0, 0.1) is 10.1 Å². The largest absolute Gasteiger partial charge is 0.294 e. The third kappa shape index (κ3) is 3.26. The molecule has 0 amide bonds. The SMILES string of the molecule is O=[N+]([O-])c1ccccc1N/N=C/c1c(Cl)cccc1Cl. The van der Waals surface area contributed by atoms with Gasteiger partial charge in [-0.1, -0.05) is 41.4 Å². The van der Waals surface area contributed by atoms with Gasteiger partial charge in [-0.25, -0.2) is 0 Å². The number of nitrogens with zero attached hydrogens (tertiary/aromatic N) is 2. The minimum absolute atomic E-state index is 0.0603. The number of rotatable bonds is 4. The van der Waals surface area contributed by atoms with Crippen LogP contribution < -0.4 is 5.43 Å². The van der Waals surface area contributed by atoms with Crippen LogP contribution in [-0.4, -0.2) is 11.1 Å². The molecular formula is C13H9Cl2N3O2. The molecule has 2 rings (SSSR count). The molecule has 0 aliphatic heterocycles. The summed E-state index contributed by atoms with van der Waals surface area (Å²) in [5.41, 5.74) is 3.38. The Balaban J connectivity index is 2.21. The van der Waals surface area contributed by atoms with Gasteiger partial charge in [0.15, 0.2) is 0 Å². The fraction of sp³-hybridized carbons (Fsp3) is 0. The number of para-hydroxylation sites is 2. The molecule has 0 atom stereocenters. The fourth-order valence-corrected chi connectivity index (χ4v) is 2.02. The van der Waals surface area contributed by atoms with Crippen molar-refractivity contribution in [1.82, 2.24) is 0 Å². The Bertz CT molecular complexity index is 654. The molecule has 2 aromatic rings. The van der Waals surface area contributed by atoms with E-state index in [9.17, 15) is 10.1 Å². The molecule has 0 saturated carbocycles. The van der Waals surface area contributed by atoms with Crippen LogP contribution >= 0.6 is 23.2 Å². The second-order valence-corrected chi connectivity index (χ2v) is 4.59. The Morgan fingerprint density at radius 1 is 1.10 bits per heavy atom. The molecule has 0 radical (unpaired) electrons. The zero-order valence-electron chi connectivity index (χ0n) is 10.1. The van der Waals surface area contributed by atoms with Gasteiger partial charge in [0.2, 0.25) is 0 Å². The van der Waals surface area contributed by atoms with E-state index in [1.54, 1.807) is 36.4 Å². The van der Waals surface area contributed by atoms with Gasteiger partial charge >= 0.3 is 0 Å². The van der Waals surface area contributed by atoms with Crippen LogP contribution in [0.4, 0.5) is 11.4 Å². The normalized spacial score (nSPS) is 10.7. The molecule has 0 bridgehead atoms. The number of anilines is 1. The van der Waals surface area contributed by atoms with Crippen molar-refractivity contribution in [1.29, 1.82) is 0 Å². The molecule has 2 aromatic carbocycles. The monoisotopic (exact) mass is 309 g/mol. The van der Waals surface area contributed by atoms with Crippen LogP contribution in [0.2, 0.25) is 10.0 Å². The minimum atomic E-state index is -0.486. The first kappa shape index (κ1) is 14.3. The molecule has 102 valence electrons. The maximum Gasteiger partial charge on any atom is 0.294 e. The van der Waals surface area contributed by atoms with Crippen molar-refractivity contribution in [2.75, 3.05) is 5.43 Å². The van der Waals surface area contributed by atoms with Gasteiger partial charge in [-0.15, -0.1) is 0 Å². The van der Waals surface area contributed by atoms with E-state index in [0.717, 1.165) is 0 Å². The summed E-state index contributed by atoms with van der Waals surface area (Å²) in [5.74, 6) is 0. The molecule has 0 unspecified atom stereocenters. The predicted octanol–water partition coefficient (Wildman–Crippen LogP) is 4.35. The van der Waals surface area contributed by atoms with E-state index in [-0.39, 0.29) is 11.4 Å². The van der Waals surface area contributed by atoms with E-state index in [2.05, 4.69) is 10.5 Å². The highest BCUT2D eigenvalue weighted by Crippen LogP contribution is 2.24. The molecule has 0 spiro atoms. The molecular weight excluding hydrogens is 301 g/mol. The smallest absolute Gasteiger partial charge is 0.272 e. The number of nitro groups is 1. The average Bonchev–Trinajstić information content (AvgIpc) is 2.42. The Hall–Kier alpha value is -2.11. The molecule has 0 saturated heterocycles. The van der Waals surface area contributed by atoms with E-state index in [4.69, 9.17) is 23.2 Å². The minimum Gasteiger partial charge on any atom is -0.272 e. The first-order valence-electron chi connectivity index (χ1n) is 5.56. The van der Waals surface area contributed by atoms with Crippen molar-refractivity contribution in [3.8, 4) is 0 Å². The van der Waals surface area contributed by atoms with Crippen molar-refractivity contribution in [3.05, 3.63) is 68.2 Å². The average molecular weight is 310 g/mol. The lowest BCUT2D eigenvalue weighted by molar-refractivity contribution is -0.384. The molecule has 0 fully saturated rings. The number of hydrogen-bond donors (Lipinski definition) is 1. The Kier molecular flexibility index (Phi) is 4.55. The van der Waals surface area contributed by atoms with Crippen molar-refractivity contribution in [2.45, 2.75) is 0 Å². The van der Waals surface area contributed by atoms with E-state index in [1.165, 1.54) is 12.3 Å². The number of hydrazone groups is 1. The van der Waals surface area contributed by atoms with Crippen LogP contribution in [-0.2, 0) is 0 Å². The van der Waals surface area contributed by atoms with Crippen LogP contribution in [0.1, 0.15) is 5.56 Å². The molecule has 0 aliphatic rings. The summed E-state index contributed by atoms with van der Waals surface area (Å²) in [6.45, 7) is 0. The van der Waals surface area contributed by atoms with Gasteiger partial charge < -0.3 is 0 Å². The predicted molar refractivity (Wildman–Crippen MR) is 80.8 cm³/mol. The van der Waals surface area contributed by atoms with Crippen molar-refractivity contribution in [3.63, 3.8) is 0 Å². The lowest BCUT2D eigenvalue weighted by atomic mass is 10.2. The zero-order valence-corrected chi connectivity index (χ0v) is 11.6. The van der Waals surface area contributed by atoms with E-state index in [0.29, 0.717) is 15.6 Å². The highest BCUT2D eigenvalue weighted by molar-refractivity contribution is 6.38. The quantitative estimate of drug-likeness (QED) is 0.518. The van der Waals surface area contributed by atoms with Gasteiger partial charge in [0, 0.05) is 11.6 Å². The number of nitrogens with one attached hydrogen (secondary N) is 1. The standard InChI is InChI=1S/C13H9Cl2N3O2/c14-10-4-3-5-11(15)9(10)8-16-17-12-6-1-2-7-13(12)18(19)20/h1-8,17H/b16-8+. The van der Waals surface area contributed by atoms with Crippen molar-refractivity contribution < 1.29 is 4.92 Å². The van der Waals surface area contributed by atoms with Gasteiger partial charge in [-0.2, -0.15) is 5.10 Å². The lowest BCUT2D eigenvalue weighted by Gasteiger charge is -2.02. The highest BCUT2D eigenvalue weighted by atomic mass is 35.5. The Labute approximate surface area is 125 Å². The summed E-state index contributed by atoms with van der Waals surface area (Å²) in [4.78, 5) is 10.3. The van der Waals surface area contributed by atoms with Crippen LogP contribution in [0.3, 0.4) is 0 Å². The second-order valence-electron chi connectivity index (χ2n) is 3.78. The molecule has 5 nitrogen and oxygen atoms in total. The topological polar surface area (TPSA) is 67.5 Å². The number of hydrogen-bond acceptors (Lipinski definition) is 4. The molecule has 1 N–H and O–H groups in total. The second kappa shape index (κ2) is 6.36. The summed E-state index contributed by atoms with van der Waals surface area (Å²) < 4.78 is 0. The lowest BCUT2D eigenvalue weighted by Crippen LogP contribution is -1.97. The fourth-order valence-electron chi connectivity index (χ4n) is 1.53. The summed E-state index contributed by atoms with van der Waals surface area (Å²) in [6, 6.07) is 11.3. The number of benzene rings is 2. The van der Waals surface area contributed by atoms with E-state index in [1.807, 2.05) is 0 Å². The van der Waals surface area contributed by atoms with Gasteiger partial charge in [-0.05, 0) is 18.2 Å². The maximum absolute atomic E-state index is 10.8. The molecule has 0 heterocycles. The van der Waals surface area contributed by atoms with Crippen molar-refractivity contribution in [2.24, 2.45) is 5.10 Å². The van der Waals surface area contributed by atoms with Crippen LogP contribution in [0.25, 0.3) is 0 Å². The third-order valence-corrected chi connectivity index (χ3v) is 3.14. The highest BCUT2D eigenvalue weighted by Gasteiger charge is 2.11. The summed E-state index contributed by atoms with van der Waals surface area (Å²) in [5, 5.41) is 15.7. The molecule has 0 aromatic heterocycles. The first-order valence-corrected chi connectivity index (χ1v) is 6.31. The summed E-state index contributed by atoms with van der Waals surface area (Å²) in [6.07, 6.45) is 1.42. The maximum atomic E-state index is 10.8. The van der Waals surface area contributed by atoms with Crippen LogP contribution in [0.15, 0.2) is 47.6 Å².